The smallest absolute Gasteiger partial charge is 0.355 e. The zero-order chi connectivity index (χ0) is 92.1. The maximum atomic E-state index is 16.9. The number of rotatable bonds is 12. The first-order valence-corrected chi connectivity index (χ1v) is 44.2. The van der Waals surface area contributed by atoms with Crippen molar-refractivity contribution >= 4 is 101 Å². The van der Waals surface area contributed by atoms with Crippen molar-refractivity contribution in [3.05, 3.63) is 242 Å². The molecule has 3 N–H and O–H groups in total. The number of carbonyl (C=O) groups excluding carboxylic acids is 3. The minimum atomic E-state index is -0.642. The Morgan fingerprint density at radius 1 is 0.417 bits per heavy atom. The summed E-state index contributed by atoms with van der Waals surface area (Å²) < 4.78 is 73.8. The van der Waals surface area contributed by atoms with E-state index in [9.17, 15) is 28.8 Å². The summed E-state index contributed by atoms with van der Waals surface area (Å²) in [7, 11) is 0. The summed E-state index contributed by atoms with van der Waals surface area (Å²) in [6.07, 6.45) is 12.0. The molecule has 21 rings (SSSR count). The molecule has 3 fully saturated rings. The second-order valence-corrected chi connectivity index (χ2v) is 34.7. The van der Waals surface area contributed by atoms with Gasteiger partial charge in [-0.3, -0.25) is 34.7 Å². The molecular weight excluding hydrogens is 1690 g/mol. The number of benzene rings is 5. The molecule has 0 bridgehead atoms. The largest absolute Gasteiger partial charge is 0.489 e. The Hall–Kier alpha value is -15.3. The minimum absolute atomic E-state index is 0.00576. The second-order valence-electron chi connectivity index (χ2n) is 34.7. The lowest BCUT2D eigenvalue weighted by Crippen LogP contribution is -2.56. The SMILES string of the molecule is C=CC(=O)N1CCN2c3nc(=O)n(-c4ccccc4C(C)C)c4nc(-c5c(C)ccc6[nH]ncc56)c(F)c(c34)OCCC2C1.C=CC(=O)N1CCN2c3nc(=O)n(-c4ccccc4C(C)C)c4nc(-c5c(C)ccc6[nH]ncc56)c(F)c(c34)OCCC2C1.C=CC(=O)N1CCN2c3nc(=O)n(-c4cccnc4C(C)C)c4nc(-c5c(C)ccc6[nH]ncc56)c(F)c(c34)OCCC2C1. The van der Waals surface area contributed by atoms with E-state index in [2.05, 4.69) is 98.0 Å². The van der Waals surface area contributed by atoms with Gasteiger partial charge in [0.2, 0.25) is 17.7 Å². The van der Waals surface area contributed by atoms with E-state index in [1.807, 2.05) is 134 Å². The lowest BCUT2D eigenvalue weighted by atomic mass is 9.99. The predicted octanol–water partition coefficient (Wildman–Crippen LogP) is 14.0. The number of piperazine rings is 3. The molecule has 10 aromatic heterocycles. The molecule has 3 saturated heterocycles. The predicted molar refractivity (Wildman–Crippen MR) is 499 cm³/mol. The molecule has 0 saturated carbocycles. The van der Waals surface area contributed by atoms with Crippen molar-refractivity contribution in [2.24, 2.45) is 0 Å². The van der Waals surface area contributed by atoms with E-state index in [-0.39, 0.29) is 131 Å². The number of aromatic nitrogens is 16. The van der Waals surface area contributed by atoms with E-state index in [4.69, 9.17) is 29.2 Å². The number of nitrogens with one attached hydrogen (secondary N) is 3. The third-order valence-electron chi connectivity index (χ3n) is 25.9. The van der Waals surface area contributed by atoms with Gasteiger partial charge in [0.05, 0.1) is 95.8 Å². The standard InChI is InChI=1S/2C33H32FN7O3.C32H31FN8O3/c2*1-5-25(42)39-13-14-40-20(17-39)12-15-44-30-27-31(40)37-33(43)41(24-9-7-6-8-21(24)18(2)3)32(27)36-29(28(30)34)26-19(4)10-11-23-22(26)16-35-38-23;1-5-23(42)39-12-13-40-19(16-39)10-14-44-29-25-30(40)37-32(43)41(22-7-6-11-34-27(22)17(2)3)31(25)36-28(26(29)33)24-18(4)8-9-21-20(24)15-35-38-21/h2*5-11,16,18,20H,1,12-15,17H2,2-4H3,(H,35,38);5-9,11,15,17,19H,1,10,12-14,16H2,2-4H3,(H,35,38). The van der Waals surface area contributed by atoms with Gasteiger partial charge in [0.15, 0.2) is 51.6 Å². The summed E-state index contributed by atoms with van der Waals surface area (Å²) >= 11 is 0. The van der Waals surface area contributed by atoms with E-state index < -0.39 is 34.5 Å². The van der Waals surface area contributed by atoms with Crippen LogP contribution >= 0.6 is 0 Å². The highest BCUT2D eigenvalue weighted by molar-refractivity contribution is 6.05. The van der Waals surface area contributed by atoms with Gasteiger partial charge >= 0.3 is 17.1 Å². The topological polar surface area (TPSA) is 341 Å². The zero-order valence-corrected chi connectivity index (χ0v) is 74.3. The molecule has 3 unspecified atom stereocenters. The highest BCUT2D eigenvalue weighted by Gasteiger charge is 2.42. The van der Waals surface area contributed by atoms with Crippen LogP contribution in [-0.2, 0) is 14.4 Å². The fourth-order valence-electron chi connectivity index (χ4n) is 19.5. The average Bonchev–Trinajstić information content (AvgIpc) is 1.00. The number of pyridine rings is 4. The third kappa shape index (κ3) is 14.7. The van der Waals surface area contributed by atoms with Crippen LogP contribution in [0.5, 0.6) is 17.2 Å². The minimum Gasteiger partial charge on any atom is -0.489 e. The summed E-state index contributed by atoms with van der Waals surface area (Å²) in [5.41, 5.74) is 9.89. The molecule has 3 amide bonds. The van der Waals surface area contributed by atoms with Gasteiger partial charge in [-0.25, -0.2) is 56.2 Å². The van der Waals surface area contributed by atoms with Crippen molar-refractivity contribution in [3.63, 3.8) is 0 Å². The average molecular weight is 1780 g/mol. The van der Waals surface area contributed by atoms with Crippen LogP contribution in [-0.4, -0.2) is 208 Å². The highest BCUT2D eigenvalue weighted by atomic mass is 19.1. The van der Waals surface area contributed by atoms with E-state index in [1.165, 1.54) is 31.9 Å². The first-order chi connectivity index (χ1) is 63.8. The monoisotopic (exact) mass is 1780 g/mol. The van der Waals surface area contributed by atoms with Crippen molar-refractivity contribution in [3.8, 4) is 68.1 Å². The Bertz CT molecular complexity index is 6790. The number of aromatic amines is 3. The van der Waals surface area contributed by atoms with Crippen molar-refractivity contribution in [1.29, 1.82) is 0 Å². The Morgan fingerprint density at radius 3 is 1.05 bits per heavy atom. The van der Waals surface area contributed by atoms with Crippen LogP contribution in [0.2, 0.25) is 0 Å². The molecule has 0 radical (unpaired) electrons. The van der Waals surface area contributed by atoms with Crippen LogP contribution in [0.3, 0.4) is 0 Å². The van der Waals surface area contributed by atoms with Crippen LogP contribution in [0.25, 0.3) is 117 Å². The molecule has 0 spiro atoms. The fourth-order valence-corrected chi connectivity index (χ4v) is 19.5. The zero-order valence-electron chi connectivity index (χ0n) is 74.3. The van der Waals surface area contributed by atoms with Crippen LogP contribution in [0, 0.1) is 38.2 Å². The van der Waals surface area contributed by atoms with Gasteiger partial charge in [-0.1, -0.05) is 116 Å². The molecule has 132 heavy (non-hydrogen) atoms. The molecule has 34 heteroatoms. The lowest BCUT2D eigenvalue weighted by molar-refractivity contribution is -0.127. The van der Waals surface area contributed by atoms with Gasteiger partial charge in [0.1, 0.15) is 50.7 Å². The second kappa shape index (κ2) is 34.6. The first-order valence-electron chi connectivity index (χ1n) is 44.2. The summed E-state index contributed by atoms with van der Waals surface area (Å²) in [4.78, 5) is 124. The van der Waals surface area contributed by atoms with Crippen LogP contribution in [0.1, 0.15) is 112 Å². The first kappa shape index (κ1) is 86.1. The number of fused-ring (bicyclic) bond motifs is 9. The number of ether oxygens (including phenoxy) is 3. The van der Waals surface area contributed by atoms with Crippen LogP contribution in [0.15, 0.2) is 174 Å². The lowest BCUT2D eigenvalue weighted by Gasteiger charge is -2.43. The molecule has 16 heterocycles. The Labute approximate surface area is 754 Å². The number of carbonyl (C=O) groups is 3. The maximum Gasteiger partial charge on any atom is 0.355 e. The number of hydrogen-bond donors (Lipinski definition) is 3. The summed E-state index contributed by atoms with van der Waals surface area (Å²) in [6, 6.07) is 29.5. The molecule has 31 nitrogen and oxygen atoms in total. The quantitative estimate of drug-likeness (QED) is 0.0956. The number of nitrogens with zero attached hydrogens (tertiary/aromatic N) is 19. The van der Waals surface area contributed by atoms with Gasteiger partial charge in [-0.05, 0) is 127 Å². The molecule has 0 aliphatic carbocycles. The molecule has 15 aromatic rings. The van der Waals surface area contributed by atoms with Gasteiger partial charge in [-0.15, -0.1) is 0 Å². The van der Waals surface area contributed by atoms with Crippen molar-refractivity contribution in [1.82, 2.24) is 93.9 Å². The van der Waals surface area contributed by atoms with E-state index in [1.54, 1.807) is 51.6 Å². The number of para-hydroxylation sites is 2. The molecule has 672 valence electrons. The fraction of sp³-hybridized carbons (Fsp3) is 0.306. The highest BCUT2D eigenvalue weighted by Crippen LogP contribution is 2.49. The van der Waals surface area contributed by atoms with Gasteiger partial charge < -0.3 is 43.6 Å². The number of amides is 3. The molecular formula is C98H95F3N22O9. The van der Waals surface area contributed by atoms with Crippen molar-refractivity contribution < 1.29 is 41.8 Å². The van der Waals surface area contributed by atoms with E-state index >= 15 is 13.2 Å². The Morgan fingerprint density at radius 2 is 0.735 bits per heavy atom. The Balaban J connectivity index is 0.000000128. The van der Waals surface area contributed by atoms with E-state index in [0.29, 0.717) is 162 Å². The van der Waals surface area contributed by atoms with Crippen molar-refractivity contribution in [2.75, 3.05) is 93.4 Å². The molecule has 6 aliphatic heterocycles. The van der Waals surface area contributed by atoms with Gasteiger partial charge in [0.25, 0.3) is 0 Å². The number of halogens is 3. The molecule has 5 aromatic carbocycles. The summed E-state index contributed by atoms with van der Waals surface area (Å²) in [5, 5.41) is 24.5. The molecule has 6 aliphatic rings. The summed E-state index contributed by atoms with van der Waals surface area (Å²) in [6.45, 7) is 33.0. The van der Waals surface area contributed by atoms with Crippen molar-refractivity contribution in [2.45, 2.75) is 117 Å². The van der Waals surface area contributed by atoms with Gasteiger partial charge in [0, 0.05) is 117 Å². The third-order valence-corrected chi connectivity index (χ3v) is 25.9. The number of aryl methyl sites for hydroxylation is 3. The normalized spacial score (nSPS) is 16.5. The van der Waals surface area contributed by atoms with Crippen LogP contribution < -0.4 is 46.0 Å². The maximum absolute atomic E-state index is 16.9. The number of anilines is 3. The molecule has 3 atom stereocenters. The number of H-pyrrole nitrogens is 3. The number of hydrogen-bond acceptors (Lipinski definition) is 22. The summed E-state index contributed by atoms with van der Waals surface area (Å²) in [5.74, 6) is -1.32. The Kier molecular flexibility index (Phi) is 22.6. The van der Waals surface area contributed by atoms with Gasteiger partial charge in [-0.2, -0.15) is 30.2 Å². The van der Waals surface area contributed by atoms with E-state index in [0.717, 1.165) is 44.4 Å². The van der Waals surface area contributed by atoms with Crippen LogP contribution in [0.4, 0.5) is 30.6 Å².